The minimum Gasteiger partial charge on any atom is -0.497 e. The maximum Gasteiger partial charge on any atom is 0.276 e. The topological polar surface area (TPSA) is 76.7 Å². The average molecular weight is 395 g/mol. The molecule has 0 saturated heterocycles. The molecule has 0 radical (unpaired) electrons. The van der Waals surface area contributed by atoms with Gasteiger partial charge in [-0.25, -0.2) is 0 Å². The number of methoxy groups -OCH3 is 1. The highest BCUT2D eigenvalue weighted by atomic mass is 35.5. The molecule has 0 atom stereocenters. The summed E-state index contributed by atoms with van der Waals surface area (Å²) in [7, 11) is 1.57. The van der Waals surface area contributed by atoms with Crippen molar-refractivity contribution >= 4 is 41.1 Å². The summed E-state index contributed by atoms with van der Waals surface area (Å²) >= 11 is 11.7. The second kappa shape index (κ2) is 9.70. The fourth-order valence-corrected chi connectivity index (χ4v) is 2.29. The lowest BCUT2D eigenvalue weighted by Gasteiger charge is -2.09. The van der Waals surface area contributed by atoms with Gasteiger partial charge in [-0.15, -0.1) is 0 Å². The second-order valence-corrected chi connectivity index (χ2v) is 5.85. The molecule has 0 spiro atoms. The van der Waals surface area contributed by atoms with Gasteiger partial charge in [-0.2, -0.15) is 0 Å². The third kappa shape index (κ3) is 6.31. The molecule has 0 heterocycles. The van der Waals surface area contributed by atoms with E-state index in [1.54, 1.807) is 49.6 Å². The van der Waals surface area contributed by atoms with Crippen LogP contribution in [0.1, 0.15) is 5.56 Å². The zero-order valence-corrected chi connectivity index (χ0v) is 15.3. The molecule has 0 unspecified atom stereocenters. The average Bonchev–Trinajstić information content (AvgIpc) is 2.64. The van der Waals surface area contributed by atoms with Crippen molar-refractivity contribution < 1.29 is 19.1 Å². The van der Waals surface area contributed by atoms with Gasteiger partial charge >= 0.3 is 0 Å². The molecule has 2 rings (SSSR count). The molecule has 0 fully saturated rings. The Labute approximate surface area is 160 Å². The molecule has 8 heteroatoms. The van der Waals surface area contributed by atoms with E-state index >= 15 is 0 Å². The summed E-state index contributed by atoms with van der Waals surface area (Å²) in [6.45, 7) is -0.316. The fraction of sp³-hybridized carbons (Fsp3) is 0.111. The maximum absolute atomic E-state index is 11.7. The lowest BCUT2D eigenvalue weighted by atomic mass is 10.2. The van der Waals surface area contributed by atoms with Gasteiger partial charge in [0.25, 0.3) is 11.8 Å². The third-order valence-corrected chi connectivity index (χ3v) is 3.65. The van der Waals surface area contributed by atoms with E-state index in [4.69, 9.17) is 32.7 Å². The van der Waals surface area contributed by atoms with Crippen molar-refractivity contribution in [2.45, 2.75) is 0 Å². The predicted octanol–water partition coefficient (Wildman–Crippen LogP) is 3.24. The van der Waals surface area contributed by atoms with Crippen molar-refractivity contribution in [3.63, 3.8) is 0 Å². The molecule has 26 heavy (non-hydrogen) atoms. The smallest absolute Gasteiger partial charge is 0.276 e. The minimum atomic E-state index is -0.540. The molecule has 0 bridgehead atoms. The van der Waals surface area contributed by atoms with Gasteiger partial charge in [0.1, 0.15) is 11.5 Å². The number of hydrazine groups is 1. The number of carbonyl (C=O) groups excluding carboxylic acids is 2. The van der Waals surface area contributed by atoms with Gasteiger partial charge in [-0.3, -0.25) is 20.4 Å². The van der Waals surface area contributed by atoms with E-state index in [2.05, 4.69) is 10.9 Å². The standard InChI is InChI=1S/C18H16Cl2N2O4/c1-25-14-6-2-12(3-7-14)4-9-17(23)21-22-18(24)11-26-16-8-5-13(19)10-15(16)20/h2-10H,11H2,1H3,(H,21,23)(H,22,24)/b9-4+. The Bertz CT molecular complexity index is 807. The first kappa shape index (κ1) is 19.6. The van der Waals surface area contributed by atoms with Crippen molar-refractivity contribution in [1.82, 2.24) is 10.9 Å². The molecule has 6 nitrogen and oxygen atoms in total. The van der Waals surface area contributed by atoms with Crippen LogP contribution >= 0.6 is 23.2 Å². The Balaban J connectivity index is 1.75. The number of benzene rings is 2. The largest absolute Gasteiger partial charge is 0.497 e. The molecule has 0 aromatic heterocycles. The molecule has 0 aliphatic heterocycles. The Morgan fingerprint density at radius 2 is 1.81 bits per heavy atom. The highest BCUT2D eigenvalue weighted by molar-refractivity contribution is 6.35. The number of ether oxygens (including phenoxy) is 2. The summed E-state index contributed by atoms with van der Waals surface area (Å²) in [5, 5.41) is 0.750. The lowest BCUT2D eigenvalue weighted by Crippen LogP contribution is -2.43. The van der Waals surface area contributed by atoms with Gasteiger partial charge in [-0.1, -0.05) is 35.3 Å². The first-order valence-corrected chi connectivity index (χ1v) is 8.22. The highest BCUT2D eigenvalue weighted by Gasteiger charge is 2.07. The van der Waals surface area contributed by atoms with Crippen LogP contribution in [0.3, 0.4) is 0 Å². The van der Waals surface area contributed by atoms with Crippen LogP contribution in [-0.4, -0.2) is 25.5 Å². The Kier molecular flexibility index (Phi) is 7.32. The summed E-state index contributed by atoms with van der Waals surface area (Å²) in [5.41, 5.74) is 5.30. The predicted molar refractivity (Wildman–Crippen MR) is 100 cm³/mol. The SMILES string of the molecule is COc1ccc(/C=C/C(=O)NNC(=O)COc2ccc(Cl)cc2Cl)cc1. The van der Waals surface area contributed by atoms with E-state index in [0.717, 1.165) is 11.3 Å². The number of hydrogen-bond donors (Lipinski definition) is 2. The van der Waals surface area contributed by atoms with Crippen LogP contribution in [0, 0.1) is 0 Å². The van der Waals surface area contributed by atoms with Gasteiger partial charge in [0.15, 0.2) is 6.61 Å². The third-order valence-electron chi connectivity index (χ3n) is 3.12. The van der Waals surface area contributed by atoms with E-state index in [1.165, 1.54) is 12.1 Å². The molecular formula is C18H16Cl2N2O4. The van der Waals surface area contributed by atoms with Crippen LogP contribution in [0.5, 0.6) is 11.5 Å². The molecule has 2 N–H and O–H groups in total. The van der Waals surface area contributed by atoms with Gasteiger partial charge in [-0.05, 0) is 42.0 Å². The number of rotatable bonds is 6. The van der Waals surface area contributed by atoms with Crippen LogP contribution in [0.15, 0.2) is 48.5 Å². The molecule has 136 valence electrons. The van der Waals surface area contributed by atoms with Crippen LogP contribution in [0.4, 0.5) is 0 Å². The van der Waals surface area contributed by atoms with Gasteiger partial charge in [0, 0.05) is 11.1 Å². The molecular weight excluding hydrogens is 379 g/mol. The van der Waals surface area contributed by atoms with Crippen LogP contribution in [0.2, 0.25) is 10.0 Å². The van der Waals surface area contributed by atoms with E-state index in [1.807, 2.05) is 0 Å². The zero-order chi connectivity index (χ0) is 18.9. The summed E-state index contributed by atoms with van der Waals surface area (Å²) < 4.78 is 10.3. The van der Waals surface area contributed by atoms with Gasteiger partial charge in [0.05, 0.1) is 12.1 Å². The molecule has 0 aliphatic rings. The minimum absolute atomic E-state index is 0.289. The van der Waals surface area contributed by atoms with Crippen LogP contribution < -0.4 is 20.3 Å². The van der Waals surface area contributed by atoms with Crippen LogP contribution in [0.25, 0.3) is 6.08 Å². The van der Waals surface area contributed by atoms with Crippen molar-refractivity contribution in [2.75, 3.05) is 13.7 Å². The van der Waals surface area contributed by atoms with E-state index < -0.39 is 11.8 Å². The Morgan fingerprint density at radius 3 is 2.46 bits per heavy atom. The number of halogens is 2. The number of hydrogen-bond acceptors (Lipinski definition) is 4. The molecule has 0 aliphatic carbocycles. The second-order valence-electron chi connectivity index (χ2n) is 5.01. The first-order valence-electron chi connectivity index (χ1n) is 7.47. The molecule has 2 amide bonds. The Morgan fingerprint density at radius 1 is 1.08 bits per heavy atom. The van der Waals surface area contributed by atoms with Crippen molar-refractivity contribution in [2.24, 2.45) is 0 Å². The monoisotopic (exact) mass is 394 g/mol. The fourth-order valence-electron chi connectivity index (χ4n) is 1.83. The first-order chi connectivity index (χ1) is 12.5. The van der Waals surface area contributed by atoms with Crippen molar-refractivity contribution in [3.05, 3.63) is 64.1 Å². The number of amides is 2. The number of carbonyl (C=O) groups is 2. The zero-order valence-electron chi connectivity index (χ0n) is 13.8. The maximum atomic E-state index is 11.7. The lowest BCUT2D eigenvalue weighted by molar-refractivity contribution is -0.128. The normalized spacial score (nSPS) is 10.4. The number of nitrogens with one attached hydrogen (secondary N) is 2. The van der Waals surface area contributed by atoms with E-state index in [9.17, 15) is 9.59 Å². The van der Waals surface area contributed by atoms with E-state index in [0.29, 0.717) is 10.8 Å². The summed E-state index contributed by atoms with van der Waals surface area (Å²) in [6, 6.07) is 11.8. The van der Waals surface area contributed by atoms with Crippen LogP contribution in [-0.2, 0) is 9.59 Å². The summed E-state index contributed by atoms with van der Waals surface area (Å²) in [5.74, 6) is 0.0116. The van der Waals surface area contributed by atoms with Gasteiger partial charge in [0.2, 0.25) is 0 Å². The quantitative estimate of drug-likeness (QED) is 0.582. The van der Waals surface area contributed by atoms with Crippen molar-refractivity contribution in [3.8, 4) is 11.5 Å². The molecule has 2 aromatic rings. The highest BCUT2D eigenvalue weighted by Crippen LogP contribution is 2.27. The molecule has 0 saturated carbocycles. The Hall–Kier alpha value is -2.70. The van der Waals surface area contributed by atoms with E-state index in [-0.39, 0.29) is 11.6 Å². The molecule has 2 aromatic carbocycles. The summed E-state index contributed by atoms with van der Waals surface area (Å²) in [6.07, 6.45) is 2.89. The van der Waals surface area contributed by atoms with Gasteiger partial charge < -0.3 is 9.47 Å². The van der Waals surface area contributed by atoms with Crippen molar-refractivity contribution in [1.29, 1.82) is 0 Å². The summed E-state index contributed by atoms with van der Waals surface area (Å²) in [4.78, 5) is 23.4.